The molecule has 0 fully saturated rings. The third-order valence-electron chi connectivity index (χ3n) is 5.71. The van der Waals surface area contributed by atoms with Crippen molar-refractivity contribution in [2.45, 2.75) is 18.4 Å². The second-order valence-corrected chi connectivity index (χ2v) is 8.37. The zero-order valence-corrected chi connectivity index (χ0v) is 20.3. The molecular formula is C28H28F2N2O6. The summed E-state index contributed by atoms with van der Waals surface area (Å²) < 4.78 is 34.1. The molecule has 0 amide bonds. The molecule has 4 rings (SSSR count). The highest BCUT2D eigenvalue weighted by Gasteiger charge is 2.32. The number of aliphatic hydroxyl groups excluding tert-OH is 1. The second-order valence-electron chi connectivity index (χ2n) is 8.37. The van der Waals surface area contributed by atoms with Gasteiger partial charge in [0.15, 0.2) is 6.61 Å². The van der Waals surface area contributed by atoms with E-state index < -0.39 is 18.6 Å². The Labute approximate surface area is 217 Å². The number of carbonyl (C=O) groups is 1. The Balaban J connectivity index is 0.00000127. The molecule has 0 spiro atoms. The van der Waals surface area contributed by atoms with Crippen LogP contribution in [0, 0.1) is 0 Å². The van der Waals surface area contributed by atoms with Gasteiger partial charge in [-0.1, -0.05) is 48.5 Å². The summed E-state index contributed by atoms with van der Waals surface area (Å²) in [6, 6.07) is 20.5. The first-order chi connectivity index (χ1) is 18.2. The van der Waals surface area contributed by atoms with Gasteiger partial charge in [0.2, 0.25) is 5.56 Å². The lowest BCUT2D eigenvalue weighted by molar-refractivity contribution is -0.122. The Morgan fingerprint density at radius 1 is 1.03 bits per heavy atom. The SMILES string of the molecule is O=CO.O=c1ccc2c([C@H](O)CNCCc3cccc(OCC(F)(F)c4ccccc4)c3)ccc(O)c2[nH]1. The fourth-order valence-corrected chi connectivity index (χ4v) is 3.86. The molecule has 1 heterocycles. The first kappa shape index (κ1) is 28.3. The van der Waals surface area contributed by atoms with Crippen molar-refractivity contribution >= 4 is 17.4 Å². The van der Waals surface area contributed by atoms with Gasteiger partial charge in [-0.05, 0) is 48.4 Å². The number of aromatic hydroxyl groups is 1. The lowest BCUT2D eigenvalue weighted by Crippen LogP contribution is -2.24. The minimum absolute atomic E-state index is 0.0646. The van der Waals surface area contributed by atoms with Crippen molar-refractivity contribution in [3.63, 3.8) is 0 Å². The number of aromatic nitrogens is 1. The van der Waals surface area contributed by atoms with E-state index in [0.717, 1.165) is 5.56 Å². The zero-order chi connectivity index (χ0) is 27.5. The predicted molar refractivity (Wildman–Crippen MR) is 139 cm³/mol. The number of ether oxygens (including phenoxy) is 1. The number of benzene rings is 3. The largest absolute Gasteiger partial charge is 0.506 e. The maximum atomic E-state index is 14.4. The summed E-state index contributed by atoms with van der Waals surface area (Å²) in [6.45, 7) is -0.219. The number of H-pyrrole nitrogens is 1. The number of aromatic amines is 1. The number of hydrogen-bond donors (Lipinski definition) is 5. The Morgan fingerprint density at radius 2 is 1.76 bits per heavy atom. The lowest BCUT2D eigenvalue weighted by atomic mass is 10.0. The molecule has 0 saturated heterocycles. The molecule has 38 heavy (non-hydrogen) atoms. The topological polar surface area (TPSA) is 132 Å². The van der Waals surface area contributed by atoms with E-state index in [1.807, 2.05) is 6.07 Å². The molecule has 5 N–H and O–H groups in total. The van der Waals surface area contributed by atoms with Crippen LogP contribution in [0.4, 0.5) is 8.78 Å². The first-order valence-corrected chi connectivity index (χ1v) is 11.7. The number of rotatable bonds is 10. The number of nitrogens with one attached hydrogen (secondary N) is 2. The van der Waals surface area contributed by atoms with Crippen LogP contribution in [0.3, 0.4) is 0 Å². The quantitative estimate of drug-likeness (QED) is 0.156. The molecule has 0 unspecified atom stereocenters. The second kappa shape index (κ2) is 13.3. The van der Waals surface area contributed by atoms with Crippen molar-refractivity contribution < 1.29 is 33.6 Å². The maximum absolute atomic E-state index is 14.4. The summed E-state index contributed by atoms with van der Waals surface area (Å²) in [5.41, 5.74) is 1.33. The van der Waals surface area contributed by atoms with Crippen LogP contribution >= 0.6 is 0 Å². The number of halogens is 2. The Morgan fingerprint density at radius 3 is 2.50 bits per heavy atom. The number of carboxylic acid groups (broad SMARTS) is 1. The average Bonchev–Trinajstić information content (AvgIpc) is 2.91. The molecule has 10 heteroatoms. The van der Waals surface area contributed by atoms with E-state index in [0.29, 0.717) is 29.7 Å². The van der Waals surface area contributed by atoms with Gasteiger partial charge in [-0.25, -0.2) is 0 Å². The number of fused-ring (bicyclic) bond motifs is 1. The van der Waals surface area contributed by atoms with E-state index >= 15 is 0 Å². The number of alkyl halides is 2. The highest BCUT2D eigenvalue weighted by molar-refractivity contribution is 5.87. The van der Waals surface area contributed by atoms with Crippen molar-refractivity contribution in [2.75, 3.05) is 19.7 Å². The molecule has 0 aliphatic carbocycles. The minimum atomic E-state index is -3.10. The fraction of sp³-hybridized carbons (Fsp3) is 0.214. The van der Waals surface area contributed by atoms with E-state index in [1.165, 1.54) is 24.3 Å². The molecule has 1 aromatic heterocycles. The fourth-order valence-electron chi connectivity index (χ4n) is 3.86. The Hall–Kier alpha value is -4.28. The van der Waals surface area contributed by atoms with E-state index in [1.54, 1.807) is 48.5 Å². The van der Waals surface area contributed by atoms with Crippen LogP contribution in [-0.2, 0) is 17.1 Å². The molecule has 0 radical (unpaired) electrons. The third-order valence-corrected chi connectivity index (χ3v) is 5.71. The number of pyridine rings is 1. The van der Waals surface area contributed by atoms with Gasteiger partial charge in [-0.15, -0.1) is 0 Å². The zero-order valence-electron chi connectivity index (χ0n) is 20.3. The van der Waals surface area contributed by atoms with Crippen LogP contribution in [-0.4, -0.2) is 46.5 Å². The minimum Gasteiger partial charge on any atom is -0.506 e. The summed E-state index contributed by atoms with van der Waals surface area (Å²) in [6.07, 6.45) is -0.262. The Bertz CT molecular complexity index is 1400. The summed E-state index contributed by atoms with van der Waals surface area (Å²) in [7, 11) is 0. The van der Waals surface area contributed by atoms with E-state index in [-0.39, 0.29) is 35.4 Å². The van der Waals surface area contributed by atoms with Crippen LogP contribution < -0.4 is 15.6 Å². The molecule has 0 saturated carbocycles. The molecule has 0 aliphatic rings. The molecule has 3 aromatic carbocycles. The average molecular weight is 527 g/mol. The van der Waals surface area contributed by atoms with Gasteiger partial charge < -0.3 is 30.4 Å². The van der Waals surface area contributed by atoms with Crippen molar-refractivity contribution in [1.82, 2.24) is 10.3 Å². The van der Waals surface area contributed by atoms with Crippen molar-refractivity contribution in [3.8, 4) is 11.5 Å². The number of phenolic OH excluding ortho intramolecular Hbond substituents is 1. The number of phenols is 1. The molecular weight excluding hydrogens is 498 g/mol. The van der Waals surface area contributed by atoms with Crippen molar-refractivity contribution in [2.24, 2.45) is 0 Å². The first-order valence-electron chi connectivity index (χ1n) is 11.7. The van der Waals surface area contributed by atoms with Crippen molar-refractivity contribution in [1.29, 1.82) is 0 Å². The molecule has 0 bridgehead atoms. The monoisotopic (exact) mass is 526 g/mol. The van der Waals surface area contributed by atoms with Crippen LogP contribution in [0.2, 0.25) is 0 Å². The molecule has 200 valence electrons. The summed E-state index contributed by atoms with van der Waals surface area (Å²) in [5, 5.41) is 31.2. The van der Waals surface area contributed by atoms with Crippen LogP contribution in [0.5, 0.6) is 11.5 Å². The molecule has 1 atom stereocenters. The highest BCUT2D eigenvalue weighted by atomic mass is 19.3. The van der Waals surface area contributed by atoms with E-state index in [4.69, 9.17) is 14.6 Å². The van der Waals surface area contributed by atoms with Gasteiger partial charge in [0.25, 0.3) is 6.47 Å². The number of hydrogen-bond acceptors (Lipinski definition) is 6. The number of aliphatic hydroxyl groups is 1. The van der Waals surface area contributed by atoms with E-state index in [2.05, 4.69) is 10.3 Å². The van der Waals surface area contributed by atoms with Gasteiger partial charge in [-0.3, -0.25) is 9.59 Å². The van der Waals surface area contributed by atoms with Gasteiger partial charge >= 0.3 is 5.92 Å². The standard InChI is InChI=1S/C27H26F2N2O4.CH2O2/c28-27(29,19-6-2-1-3-7-19)17-35-20-8-4-5-18(15-20)13-14-30-16-24(33)21-9-11-23(32)26-22(21)10-12-25(34)31-26;2-1-3/h1-12,15,24,30,32-33H,13-14,16-17H2,(H,31,34);1H,(H,2,3)/t24-;/m1./s1. The normalized spacial score (nSPS) is 11.9. The molecule has 0 aliphatic heterocycles. The summed E-state index contributed by atoms with van der Waals surface area (Å²) in [4.78, 5) is 22.5. The van der Waals surface area contributed by atoms with Crippen LogP contribution in [0.15, 0.2) is 83.7 Å². The smallest absolute Gasteiger partial charge is 0.306 e. The van der Waals surface area contributed by atoms with Gasteiger partial charge in [0.05, 0.1) is 11.6 Å². The van der Waals surface area contributed by atoms with E-state index in [9.17, 15) is 23.8 Å². The third kappa shape index (κ3) is 7.61. The predicted octanol–water partition coefficient (Wildman–Crippen LogP) is 3.97. The van der Waals surface area contributed by atoms with Gasteiger partial charge in [-0.2, -0.15) is 8.78 Å². The summed E-state index contributed by atoms with van der Waals surface area (Å²) >= 11 is 0. The maximum Gasteiger partial charge on any atom is 0.306 e. The van der Waals surface area contributed by atoms with Gasteiger partial charge in [0, 0.05) is 23.6 Å². The van der Waals surface area contributed by atoms with Crippen LogP contribution in [0.1, 0.15) is 22.8 Å². The Kier molecular flexibility index (Phi) is 9.92. The molecule has 4 aromatic rings. The van der Waals surface area contributed by atoms with Crippen molar-refractivity contribution in [3.05, 3.63) is 106 Å². The summed E-state index contributed by atoms with van der Waals surface area (Å²) in [5.74, 6) is -2.80. The molecule has 8 nitrogen and oxygen atoms in total. The van der Waals surface area contributed by atoms with Crippen LogP contribution in [0.25, 0.3) is 10.9 Å². The highest BCUT2D eigenvalue weighted by Crippen LogP contribution is 2.30. The van der Waals surface area contributed by atoms with Gasteiger partial charge in [0.1, 0.15) is 11.5 Å². The lowest BCUT2D eigenvalue weighted by Gasteiger charge is -2.18.